The van der Waals surface area contributed by atoms with Crippen molar-refractivity contribution in [1.82, 2.24) is 0 Å². The van der Waals surface area contributed by atoms with Crippen LogP contribution in [-0.4, -0.2) is 3.74 Å². The second-order valence-electron chi connectivity index (χ2n) is 3.13. The van der Waals surface area contributed by atoms with Crippen molar-refractivity contribution in [2.24, 2.45) is 5.92 Å². The Hall–Kier alpha value is 0.960. The van der Waals surface area contributed by atoms with Crippen molar-refractivity contribution in [2.45, 2.75) is 42.3 Å². The van der Waals surface area contributed by atoms with Crippen LogP contribution in [0.4, 0.5) is 0 Å². The molecule has 0 aromatic rings. The summed E-state index contributed by atoms with van der Waals surface area (Å²) >= 11 is 7.05. The first kappa shape index (κ1) is 9.05. The van der Waals surface area contributed by atoms with Crippen molar-refractivity contribution < 1.29 is 0 Å². The second kappa shape index (κ2) is 4.76. The molecule has 0 N–H and O–H groups in total. The lowest BCUT2D eigenvalue weighted by Gasteiger charge is -2.21. The van der Waals surface area contributed by atoms with E-state index in [9.17, 15) is 0 Å². The van der Waals surface area contributed by atoms with E-state index in [1.54, 1.807) is 0 Å². The van der Waals surface area contributed by atoms with E-state index in [0.717, 1.165) is 5.92 Å². The molecule has 1 aliphatic rings. The summed E-state index contributed by atoms with van der Waals surface area (Å²) in [5.74, 6) is 0.984. The van der Waals surface area contributed by atoms with Gasteiger partial charge < -0.3 is 0 Å². The zero-order valence-electron chi connectivity index (χ0n) is 6.15. The molecule has 0 radical (unpaired) electrons. The molecule has 1 rings (SSSR count). The maximum atomic E-state index is 3.53. The van der Waals surface area contributed by atoms with Gasteiger partial charge in [-0.05, 0) is 12.3 Å². The summed E-state index contributed by atoms with van der Waals surface area (Å²) in [6.07, 6.45) is 8.59. The maximum absolute atomic E-state index is 3.53. The lowest BCUT2D eigenvalue weighted by molar-refractivity contribution is 0.349. The van der Waals surface area contributed by atoms with Gasteiger partial charge in [0.25, 0.3) is 0 Å². The van der Waals surface area contributed by atoms with E-state index in [2.05, 4.69) is 31.9 Å². The molecule has 0 saturated heterocycles. The van der Waals surface area contributed by atoms with Gasteiger partial charge in [0.15, 0.2) is 0 Å². The van der Waals surface area contributed by atoms with Gasteiger partial charge in [-0.2, -0.15) is 0 Å². The van der Waals surface area contributed by atoms with Crippen molar-refractivity contribution in [3.63, 3.8) is 0 Å². The molecule has 1 fully saturated rings. The van der Waals surface area contributed by atoms with E-state index in [-0.39, 0.29) is 0 Å². The molecule has 0 heterocycles. The summed E-state index contributed by atoms with van der Waals surface area (Å²) in [5, 5.41) is 0. The van der Waals surface area contributed by atoms with Crippen LogP contribution in [0.2, 0.25) is 0 Å². The average Bonchev–Trinajstić information content (AvgIpc) is 1.88. The van der Waals surface area contributed by atoms with Gasteiger partial charge in [0.1, 0.15) is 0 Å². The Morgan fingerprint density at radius 2 is 1.70 bits per heavy atom. The Kier molecular flexibility index (Phi) is 4.31. The lowest BCUT2D eigenvalue weighted by Crippen LogP contribution is -2.08. The fourth-order valence-corrected chi connectivity index (χ4v) is 2.73. The van der Waals surface area contributed by atoms with Crippen molar-refractivity contribution >= 4 is 31.9 Å². The summed E-state index contributed by atoms with van der Waals surface area (Å²) in [4.78, 5) is 0. The predicted molar refractivity (Wildman–Crippen MR) is 52.8 cm³/mol. The molecule has 10 heavy (non-hydrogen) atoms. The molecule has 0 aromatic carbocycles. The van der Waals surface area contributed by atoms with Crippen LogP contribution in [0.15, 0.2) is 0 Å². The fraction of sp³-hybridized carbons (Fsp3) is 1.00. The molecule has 60 valence electrons. The highest BCUT2D eigenvalue weighted by atomic mass is 79.9. The monoisotopic (exact) mass is 268 g/mol. The molecule has 0 aliphatic heterocycles. The molecular weight excluding hydrogens is 256 g/mol. The minimum atomic E-state index is 0.545. The van der Waals surface area contributed by atoms with Crippen LogP contribution in [0, 0.1) is 5.92 Å². The number of halogens is 2. The van der Waals surface area contributed by atoms with Gasteiger partial charge >= 0.3 is 0 Å². The van der Waals surface area contributed by atoms with E-state index < -0.39 is 0 Å². The van der Waals surface area contributed by atoms with Crippen LogP contribution < -0.4 is 0 Å². The van der Waals surface area contributed by atoms with Crippen molar-refractivity contribution in [2.75, 3.05) is 0 Å². The quantitative estimate of drug-likeness (QED) is 0.663. The van der Waals surface area contributed by atoms with Gasteiger partial charge in [-0.15, -0.1) is 0 Å². The Bertz CT molecular complexity index is 85.3. The van der Waals surface area contributed by atoms with Crippen LogP contribution in [-0.2, 0) is 0 Å². The van der Waals surface area contributed by atoms with Gasteiger partial charge in [0.2, 0.25) is 0 Å². The van der Waals surface area contributed by atoms with E-state index in [0.29, 0.717) is 3.74 Å². The highest BCUT2D eigenvalue weighted by molar-refractivity contribution is 9.24. The van der Waals surface area contributed by atoms with Crippen LogP contribution in [0.5, 0.6) is 0 Å². The number of hydrogen-bond donors (Lipinski definition) is 0. The molecule has 0 spiro atoms. The standard InChI is InChI=1S/C8H14Br2/c9-8(10)6-7-4-2-1-3-5-7/h7-8H,1-6H2. The molecule has 0 atom stereocenters. The Balaban J connectivity index is 2.13. The van der Waals surface area contributed by atoms with Gasteiger partial charge in [0.05, 0.1) is 3.74 Å². The maximum Gasteiger partial charge on any atom is 0.0700 e. The normalized spacial score (nSPS) is 21.9. The van der Waals surface area contributed by atoms with E-state index >= 15 is 0 Å². The van der Waals surface area contributed by atoms with Crippen molar-refractivity contribution in [3.8, 4) is 0 Å². The Morgan fingerprint density at radius 3 is 2.20 bits per heavy atom. The first-order chi connectivity index (χ1) is 4.79. The SMILES string of the molecule is BrC(Br)CC1CCCCC1. The number of rotatable bonds is 2. The Morgan fingerprint density at radius 1 is 1.10 bits per heavy atom. The van der Waals surface area contributed by atoms with Crippen LogP contribution in [0.1, 0.15) is 38.5 Å². The second-order valence-corrected chi connectivity index (χ2v) is 6.57. The summed E-state index contributed by atoms with van der Waals surface area (Å²) in [6, 6.07) is 0. The van der Waals surface area contributed by atoms with Gasteiger partial charge in [-0.3, -0.25) is 0 Å². The summed E-state index contributed by atoms with van der Waals surface area (Å²) in [5.41, 5.74) is 0. The van der Waals surface area contributed by atoms with Gasteiger partial charge in [0, 0.05) is 0 Å². The fourth-order valence-electron chi connectivity index (χ4n) is 1.67. The van der Waals surface area contributed by atoms with Crippen LogP contribution in [0.25, 0.3) is 0 Å². The predicted octanol–water partition coefficient (Wildman–Crippen LogP) is 4.07. The van der Waals surface area contributed by atoms with Crippen molar-refractivity contribution in [3.05, 3.63) is 0 Å². The van der Waals surface area contributed by atoms with E-state index in [1.807, 2.05) is 0 Å². The minimum Gasteiger partial charge on any atom is -0.0765 e. The molecule has 0 amide bonds. The van der Waals surface area contributed by atoms with Crippen LogP contribution >= 0.6 is 31.9 Å². The molecular formula is C8H14Br2. The summed E-state index contributed by atoms with van der Waals surface area (Å²) < 4.78 is 0.545. The first-order valence-electron chi connectivity index (χ1n) is 4.07. The van der Waals surface area contributed by atoms with E-state index in [4.69, 9.17) is 0 Å². The zero-order chi connectivity index (χ0) is 7.40. The molecule has 0 aromatic heterocycles. The lowest BCUT2D eigenvalue weighted by atomic mass is 9.88. The highest BCUT2D eigenvalue weighted by Gasteiger charge is 2.15. The molecule has 1 aliphatic carbocycles. The van der Waals surface area contributed by atoms with Gasteiger partial charge in [-0.25, -0.2) is 0 Å². The van der Waals surface area contributed by atoms with Gasteiger partial charge in [-0.1, -0.05) is 64.0 Å². The molecule has 1 saturated carbocycles. The Labute approximate surface area is 80.0 Å². The average molecular weight is 270 g/mol. The molecule has 2 heteroatoms. The third kappa shape index (κ3) is 3.38. The zero-order valence-corrected chi connectivity index (χ0v) is 9.33. The smallest absolute Gasteiger partial charge is 0.0700 e. The molecule has 0 unspecified atom stereocenters. The number of alkyl halides is 2. The van der Waals surface area contributed by atoms with Crippen LogP contribution in [0.3, 0.4) is 0 Å². The summed E-state index contributed by atoms with van der Waals surface area (Å²) in [6.45, 7) is 0. The molecule has 0 bridgehead atoms. The third-order valence-electron chi connectivity index (χ3n) is 2.24. The highest BCUT2D eigenvalue weighted by Crippen LogP contribution is 2.30. The minimum absolute atomic E-state index is 0.545. The summed E-state index contributed by atoms with van der Waals surface area (Å²) in [7, 11) is 0. The first-order valence-corrected chi connectivity index (χ1v) is 5.90. The van der Waals surface area contributed by atoms with Crippen molar-refractivity contribution in [1.29, 1.82) is 0 Å². The van der Waals surface area contributed by atoms with E-state index in [1.165, 1.54) is 38.5 Å². The third-order valence-corrected chi connectivity index (χ3v) is 2.98. The number of hydrogen-bond acceptors (Lipinski definition) is 0. The molecule has 0 nitrogen and oxygen atoms in total. The largest absolute Gasteiger partial charge is 0.0765 e. The topological polar surface area (TPSA) is 0 Å².